The summed E-state index contributed by atoms with van der Waals surface area (Å²) in [7, 11) is -5.24. The van der Waals surface area contributed by atoms with Crippen LogP contribution in [-0.4, -0.2) is 67.4 Å². The predicted molar refractivity (Wildman–Crippen MR) is 140 cm³/mol. The van der Waals surface area contributed by atoms with Gasteiger partial charge in [0, 0.05) is 18.1 Å². The van der Waals surface area contributed by atoms with Crippen molar-refractivity contribution in [3.05, 3.63) is 90.4 Å². The number of H-pyrrole nitrogens is 1. The molecule has 0 unspecified atom stereocenters. The lowest BCUT2D eigenvalue weighted by atomic mass is 9.97. The number of carbonyl (C=O) groups excluding carboxylic acids is 2. The number of hydrogen-bond acceptors (Lipinski definition) is 9. The molecule has 0 amide bonds. The zero-order valence-corrected chi connectivity index (χ0v) is 21.7. The van der Waals surface area contributed by atoms with Crippen molar-refractivity contribution in [2.45, 2.75) is 30.6 Å². The van der Waals surface area contributed by atoms with Gasteiger partial charge in [0.05, 0.1) is 11.1 Å². The normalized spacial score (nSPS) is 23.1. The second-order valence-electron chi connectivity index (χ2n) is 9.04. The number of para-hydroxylation sites is 2. The summed E-state index contributed by atoms with van der Waals surface area (Å²) in [5, 5.41) is 11.9. The Morgan fingerprint density at radius 2 is 1.75 bits per heavy atom. The molecule has 0 saturated carbocycles. The number of nitrogen functional groups attached to an aromatic ring is 1. The Kier molecular flexibility index (Phi) is 7.76. The summed E-state index contributed by atoms with van der Waals surface area (Å²) >= 11 is 0. The molecule has 5 atom stereocenters. The zero-order valence-electron chi connectivity index (χ0n) is 20.8. The number of aromatic nitrogens is 2. The number of fused-ring (bicyclic) bond motifs is 1. The molecule has 4 aromatic rings. The number of carbonyl (C=O) groups is 2. The third-order valence-electron chi connectivity index (χ3n) is 6.42. The van der Waals surface area contributed by atoms with Crippen LogP contribution in [0.4, 0.5) is 5.69 Å². The van der Waals surface area contributed by atoms with Crippen LogP contribution in [0.5, 0.6) is 0 Å². The molecule has 1 aliphatic rings. The van der Waals surface area contributed by atoms with Gasteiger partial charge in [-0.1, -0.05) is 30.3 Å². The molecule has 13 nitrogen and oxygen atoms in total. The molecule has 3 heterocycles. The highest BCUT2D eigenvalue weighted by atomic mass is 31.2. The minimum atomic E-state index is -5.24. The van der Waals surface area contributed by atoms with Crippen molar-refractivity contribution in [1.82, 2.24) is 9.55 Å². The topological polar surface area (TPSA) is 196 Å². The first-order valence-electron chi connectivity index (χ1n) is 12.1. The smallest absolute Gasteiger partial charge is 0.458 e. The van der Waals surface area contributed by atoms with E-state index in [1.807, 2.05) is 12.1 Å². The molecule has 210 valence electrons. The average Bonchev–Trinajstić information content (AvgIpc) is 3.60. The minimum Gasteiger partial charge on any atom is -0.458 e. The Morgan fingerprint density at radius 1 is 1.00 bits per heavy atom. The maximum absolute atomic E-state index is 13.2. The number of phosphoric ester groups is 1. The number of nitrogens with zero attached hydrogens (tertiary/aromatic N) is 1. The van der Waals surface area contributed by atoms with Crippen LogP contribution in [0.15, 0.2) is 79.1 Å². The van der Waals surface area contributed by atoms with Gasteiger partial charge >= 0.3 is 19.8 Å². The Labute approximate surface area is 227 Å². The van der Waals surface area contributed by atoms with Crippen LogP contribution in [0.25, 0.3) is 10.9 Å². The molecule has 0 radical (unpaired) electrons. The van der Waals surface area contributed by atoms with Crippen molar-refractivity contribution >= 4 is 36.4 Å². The molecule has 6 N–H and O–H groups in total. The lowest BCUT2D eigenvalue weighted by molar-refractivity contribution is -0.246. The van der Waals surface area contributed by atoms with Crippen molar-refractivity contribution in [3.8, 4) is 0 Å². The Morgan fingerprint density at radius 3 is 2.48 bits per heavy atom. The molecule has 40 heavy (non-hydrogen) atoms. The quantitative estimate of drug-likeness (QED) is 0.118. The van der Waals surface area contributed by atoms with E-state index in [0.29, 0.717) is 5.52 Å². The van der Waals surface area contributed by atoms with Crippen molar-refractivity contribution in [3.63, 3.8) is 0 Å². The Bertz CT molecular complexity index is 1550. The number of phosphoric acid groups is 1. The number of aromatic amines is 1. The van der Waals surface area contributed by atoms with Gasteiger partial charge in [-0.3, -0.25) is 4.52 Å². The predicted octanol–water partition coefficient (Wildman–Crippen LogP) is 2.37. The van der Waals surface area contributed by atoms with Crippen LogP contribution >= 0.6 is 7.82 Å². The van der Waals surface area contributed by atoms with Crippen LogP contribution in [0.2, 0.25) is 0 Å². The van der Waals surface area contributed by atoms with Gasteiger partial charge in [-0.25, -0.2) is 14.2 Å². The third-order valence-corrected chi connectivity index (χ3v) is 6.94. The number of esters is 2. The van der Waals surface area contributed by atoms with Crippen molar-refractivity contribution < 1.29 is 47.8 Å². The van der Waals surface area contributed by atoms with Crippen molar-refractivity contribution in [2.24, 2.45) is 0 Å². The summed E-state index contributed by atoms with van der Waals surface area (Å²) in [4.78, 5) is 47.7. The summed E-state index contributed by atoms with van der Waals surface area (Å²) in [6.45, 7) is -0.512. The van der Waals surface area contributed by atoms with Gasteiger partial charge in [-0.2, -0.15) is 0 Å². The first-order valence-corrected chi connectivity index (χ1v) is 13.6. The van der Waals surface area contributed by atoms with Gasteiger partial charge in [0.2, 0.25) is 0 Å². The van der Waals surface area contributed by atoms with Crippen molar-refractivity contribution in [1.29, 1.82) is 0 Å². The molecule has 2 aromatic carbocycles. The van der Waals surface area contributed by atoms with E-state index in [0.717, 1.165) is 5.39 Å². The summed E-state index contributed by atoms with van der Waals surface area (Å²) < 4.78 is 35.7. The summed E-state index contributed by atoms with van der Waals surface area (Å²) in [5.41, 5.74) is 6.80. The van der Waals surface area contributed by atoms with E-state index in [1.165, 1.54) is 24.4 Å². The SMILES string of the molecule is Nc1ccccc1C(=O)O[C@@H]1[C@@H](OP(=O)(O)O)[C@H](O)[C@@H](COC(=O)c2ccc[nH]2)O[C@H]1n1ccc2ccccc21. The van der Waals surface area contributed by atoms with E-state index >= 15 is 0 Å². The molecular formula is C26H26N3O10P. The molecule has 1 saturated heterocycles. The third kappa shape index (κ3) is 5.80. The molecule has 14 heteroatoms. The molecule has 0 bridgehead atoms. The van der Waals surface area contributed by atoms with Gasteiger partial charge in [-0.15, -0.1) is 0 Å². The fourth-order valence-corrected chi connectivity index (χ4v) is 5.12. The number of ether oxygens (including phenoxy) is 3. The van der Waals surface area contributed by atoms with E-state index in [2.05, 4.69) is 4.98 Å². The maximum Gasteiger partial charge on any atom is 0.470 e. The highest BCUT2D eigenvalue weighted by molar-refractivity contribution is 7.46. The Balaban J connectivity index is 1.53. The standard InChI is InChI=1S/C26H26N3O10P/c27-17-8-3-2-7-16(17)25(31)38-23-22(39-40(33,34)35)21(30)20(14-36-26(32)18-9-5-12-28-18)37-24(23)29-13-11-15-6-1-4-10-19(15)29/h1-13,20-24,28,30H,14,27H2,(H2,33,34,35)/t20-,21-,22+,23-,24-/m1/s1. The molecule has 0 aliphatic carbocycles. The van der Waals surface area contributed by atoms with E-state index in [9.17, 15) is 29.0 Å². The molecule has 5 rings (SSSR count). The number of aliphatic hydroxyl groups excluding tert-OH is 1. The summed E-state index contributed by atoms with van der Waals surface area (Å²) in [6, 6.07) is 18.1. The second-order valence-corrected chi connectivity index (χ2v) is 10.2. The van der Waals surface area contributed by atoms with Crippen LogP contribution in [0.1, 0.15) is 27.1 Å². The number of anilines is 1. The molecule has 0 spiro atoms. The highest BCUT2D eigenvalue weighted by Gasteiger charge is 2.52. The highest BCUT2D eigenvalue weighted by Crippen LogP contribution is 2.44. The van der Waals surface area contributed by atoms with E-state index < -0.39 is 57.0 Å². The largest absolute Gasteiger partial charge is 0.470 e. The van der Waals surface area contributed by atoms with E-state index in [-0.39, 0.29) is 16.9 Å². The number of aliphatic hydroxyl groups is 1. The van der Waals surface area contributed by atoms with Gasteiger partial charge in [0.25, 0.3) is 0 Å². The lowest BCUT2D eigenvalue weighted by Gasteiger charge is -2.44. The molecule has 1 fully saturated rings. The number of nitrogens with one attached hydrogen (secondary N) is 1. The monoisotopic (exact) mass is 571 g/mol. The number of hydrogen-bond donors (Lipinski definition) is 5. The summed E-state index contributed by atoms with van der Waals surface area (Å²) in [5.74, 6) is -1.68. The van der Waals surface area contributed by atoms with Crippen LogP contribution in [-0.2, 0) is 23.3 Å². The first kappa shape index (κ1) is 27.6. The lowest BCUT2D eigenvalue weighted by Crippen LogP contribution is -2.58. The van der Waals surface area contributed by atoms with Crippen LogP contribution < -0.4 is 5.73 Å². The molecule has 1 aliphatic heterocycles. The van der Waals surface area contributed by atoms with Gasteiger partial charge in [0.15, 0.2) is 12.3 Å². The van der Waals surface area contributed by atoms with Gasteiger partial charge in [-0.05, 0) is 41.8 Å². The molecular weight excluding hydrogens is 545 g/mol. The maximum atomic E-state index is 13.2. The van der Waals surface area contributed by atoms with Crippen LogP contribution in [0, 0.1) is 0 Å². The summed E-state index contributed by atoms with van der Waals surface area (Å²) in [6.07, 6.45) is -4.64. The first-order chi connectivity index (χ1) is 19.1. The number of rotatable bonds is 8. The number of nitrogens with two attached hydrogens (primary N) is 1. The zero-order chi connectivity index (χ0) is 28.4. The fourth-order valence-electron chi connectivity index (χ4n) is 4.56. The fraction of sp³-hybridized carbons (Fsp3) is 0.231. The Hall–Kier alpha value is -3.97. The average molecular weight is 571 g/mol. The van der Waals surface area contributed by atoms with E-state index in [4.69, 9.17) is 24.5 Å². The number of benzene rings is 2. The van der Waals surface area contributed by atoms with Gasteiger partial charge < -0.3 is 44.4 Å². The minimum absolute atomic E-state index is 0.00923. The van der Waals surface area contributed by atoms with Crippen molar-refractivity contribution in [2.75, 3.05) is 12.3 Å². The van der Waals surface area contributed by atoms with Gasteiger partial charge in [0.1, 0.15) is 30.6 Å². The molecule has 2 aromatic heterocycles. The second kappa shape index (κ2) is 11.3. The van der Waals surface area contributed by atoms with Crippen LogP contribution in [0.3, 0.4) is 0 Å². The van der Waals surface area contributed by atoms with E-state index in [1.54, 1.807) is 47.2 Å².